The predicted molar refractivity (Wildman–Crippen MR) is 94.8 cm³/mol. The van der Waals surface area contributed by atoms with E-state index in [1.54, 1.807) is 12.0 Å². The molecule has 2 aromatic rings. The Morgan fingerprint density at radius 2 is 2.08 bits per heavy atom. The first-order valence-corrected chi connectivity index (χ1v) is 8.61. The summed E-state index contributed by atoms with van der Waals surface area (Å²) >= 11 is 1.35. The number of hydrogen-bond donors (Lipinski definition) is 1. The highest BCUT2D eigenvalue weighted by atomic mass is 32.2. The molecule has 0 bridgehead atoms. The van der Waals surface area contributed by atoms with E-state index in [0.29, 0.717) is 18.0 Å². The molecule has 0 aliphatic carbocycles. The summed E-state index contributed by atoms with van der Waals surface area (Å²) in [4.78, 5) is 26.2. The van der Waals surface area contributed by atoms with Crippen LogP contribution in [0.1, 0.15) is 5.56 Å². The van der Waals surface area contributed by atoms with E-state index in [4.69, 9.17) is 4.74 Å². The number of para-hydroxylation sites is 1. The molecule has 3 rings (SSSR count). The van der Waals surface area contributed by atoms with Crippen LogP contribution in [0.4, 0.5) is 5.69 Å². The summed E-state index contributed by atoms with van der Waals surface area (Å²) in [6.07, 6.45) is 0.306. The van der Waals surface area contributed by atoms with Gasteiger partial charge in [0, 0.05) is 4.90 Å². The maximum absolute atomic E-state index is 12.9. The quantitative estimate of drug-likeness (QED) is 0.488. The highest BCUT2D eigenvalue weighted by Crippen LogP contribution is 2.40. The van der Waals surface area contributed by atoms with E-state index >= 15 is 0 Å². The molecule has 1 aliphatic heterocycles. The van der Waals surface area contributed by atoms with Gasteiger partial charge >= 0.3 is 0 Å². The first-order chi connectivity index (χ1) is 12.1. The fourth-order valence-corrected chi connectivity index (χ4v) is 3.94. The second kappa shape index (κ2) is 7.58. The lowest BCUT2D eigenvalue weighted by atomic mass is 10.1. The van der Waals surface area contributed by atoms with Gasteiger partial charge in [-0.3, -0.25) is 14.8 Å². The third kappa shape index (κ3) is 3.78. The number of methoxy groups -OCH3 is 1. The number of thioether (sulfide) groups is 1. The number of nitrogens with zero attached hydrogens (tertiary/aromatic N) is 2. The molecule has 2 amide bonds. The normalized spacial score (nSPS) is 16.3. The molecule has 0 saturated heterocycles. The van der Waals surface area contributed by atoms with Gasteiger partial charge in [0.15, 0.2) is 0 Å². The van der Waals surface area contributed by atoms with Gasteiger partial charge in [0.05, 0.1) is 25.9 Å². The summed E-state index contributed by atoms with van der Waals surface area (Å²) in [5.41, 5.74) is 1.76. The van der Waals surface area contributed by atoms with E-state index in [1.165, 1.54) is 11.8 Å². The fourth-order valence-electron chi connectivity index (χ4n) is 2.72. The van der Waals surface area contributed by atoms with Crippen molar-refractivity contribution in [3.63, 3.8) is 0 Å². The lowest BCUT2D eigenvalue weighted by Gasteiger charge is -2.34. The summed E-state index contributed by atoms with van der Waals surface area (Å²) in [7, 11) is 1.60. The van der Waals surface area contributed by atoms with Gasteiger partial charge < -0.3 is 9.64 Å². The summed E-state index contributed by atoms with van der Waals surface area (Å²) in [5.74, 6) is 0.580. The number of rotatable bonds is 6. The molecule has 1 unspecified atom stereocenters. The van der Waals surface area contributed by atoms with Crippen LogP contribution >= 0.6 is 11.8 Å². The van der Waals surface area contributed by atoms with E-state index in [-0.39, 0.29) is 12.5 Å². The van der Waals surface area contributed by atoms with Crippen LogP contribution in [0.15, 0.2) is 53.4 Å². The zero-order valence-corrected chi connectivity index (χ0v) is 14.5. The monoisotopic (exact) mass is 358 g/mol. The molecular formula is C18H18N2O4S. The standard InChI is InChI=1S/C18H18N2O4S/c1-24-14-6-4-5-13(9-14)10-20-15-7-2-3-8-16(15)25-17(18(20)22)11-19(23)12-21/h2-9,12,17,23H,10-11H2,1H3. The molecule has 25 heavy (non-hydrogen) atoms. The Kier molecular flexibility index (Phi) is 5.25. The summed E-state index contributed by atoms with van der Waals surface area (Å²) in [5, 5.41) is 9.43. The largest absolute Gasteiger partial charge is 0.497 e. The van der Waals surface area contributed by atoms with Crippen LogP contribution in [-0.2, 0) is 16.1 Å². The van der Waals surface area contributed by atoms with Crippen molar-refractivity contribution < 1.29 is 19.5 Å². The zero-order chi connectivity index (χ0) is 17.8. The van der Waals surface area contributed by atoms with Gasteiger partial charge in [-0.25, -0.2) is 5.06 Å². The number of benzene rings is 2. The lowest BCUT2D eigenvalue weighted by Crippen LogP contribution is -2.45. The number of ether oxygens (including phenoxy) is 1. The first-order valence-electron chi connectivity index (χ1n) is 7.73. The number of hydrogen-bond acceptors (Lipinski definition) is 5. The molecule has 1 N–H and O–H groups in total. The molecule has 0 saturated carbocycles. The molecule has 130 valence electrons. The van der Waals surface area contributed by atoms with Gasteiger partial charge in [-0.15, -0.1) is 11.8 Å². The van der Waals surface area contributed by atoms with E-state index < -0.39 is 5.25 Å². The maximum Gasteiger partial charge on any atom is 0.242 e. The first kappa shape index (κ1) is 17.3. The second-order valence-corrected chi connectivity index (χ2v) is 6.82. The molecule has 1 aliphatic rings. The van der Waals surface area contributed by atoms with Crippen LogP contribution in [0.5, 0.6) is 5.75 Å². The van der Waals surface area contributed by atoms with Gasteiger partial charge in [-0.2, -0.15) is 0 Å². The van der Waals surface area contributed by atoms with Crippen molar-refractivity contribution in [2.75, 3.05) is 18.6 Å². The minimum absolute atomic E-state index is 0.0596. The van der Waals surface area contributed by atoms with Gasteiger partial charge in [-0.05, 0) is 29.8 Å². The van der Waals surface area contributed by atoms with Crippen molar-refractivity contribution in [3.8, 4) is 5.75 Å². The number of carbonyl (C=O) groups is 2. The van der Waals surface area contributed by atoms with Crippen LogP contribution in [0, 0.1) is 0 Å². The van der Waals surface area contributed by atoms with Crippen molar-refractivity contribution in [2.45, 2.75) is 16.7 Å². The molecular weight excluding hydrogens is 340 g/mol. The van der Waals surface area contributed by atoms with Crippen LogP contribution in [0.2, 0.25) is 0 Å². The Morgan fingerprint density at radius 1 is 1.28 bits per heavy atom. The van der Waals surface area contributed by atoms with Crippen molar-refractivity contribution in [1.29, 1.82) is 0 Å². The Labute approximate surface area is 149 Å². The average molecular weight is 358 g/mol. The van der Waals surface area contributed by atoms with Crippen molar-refractivity contribution in [1.82, 2.24) is 5.06 Å². The minimum Gasteiger partial charge on any atom is -0.497 e. The minimum atomic E-state index is -0.560. The SMILES string of the molecule is COc1cccc(CN2C(=O)C(CN(O)C=O)Sc3ccccc32)c1. The maximum atomic E-state index is 12.9. The van der Waals surface area contributed by atoms with Gasteiger partial charge in [0.25, 0.3) is 0 Å². The Balaban J connectivity index is 1.91. The Hall–Kier alpha value is -2.51. The highest BCUT2D eigenvalue weighted by Gasteiger charge is 2.34. The van der Waals surface area contributed by atoms with Crippen molar-refractivity contribution in [2.24, 2.45) is 0 Å². The molecule has 7 heteroatoms. The van der Waals surface area contributed by atoms with E-state index in [0.717, 1.165) is 21.9 Å². The van der Waals surface area contributed by atoms with Crippen LogP contribution in [0.25, 0.3) is 0 Å². The molecule has 1 atom stereocenters. The fraction of sp³-hybridized carbons (Fsp3) is 0.222. The molecule has 2 aromatic carbocycles. The van der Waals surface area contributed by atoms with Crippen molar-refractivity contribution >= 4 is 29.8 Å². The van der Waals surface area contributed by atoms with Crippen LogP contribution < -0.4 is 9.64 Å². The van der Waals surface area contributed by atoms with E-state index in [1.807, 2.05) is 48.5 Å². The topological polar surface area (TPSA) is 70.1 Å². The number of carbonyl (C=O) groups excluding carboxylic acids is 2. The molecule has 0 radical (unpaired) electrons. The van der Waals surface area contributed by atoms with Gasteiger partial charge in [0.2, 0.25) is 12.3 Å². The predicted octanol–water partition coefficient (Wildman–Crippen LogP) is 2.55. The number of fused-ring (bicyclic) bond motifs is 1. The van der Waals surface area contributed by atoms with E-state index in [2.05, 4.69) is 0 Å². The molecule has 0 fully saturated rings. The van der Waals surface area contributed by atoms with Gasteiger partial charge in [0.1, 0.15) is 11.0 Å². The molecule has 0 spiro atoms. The number of hydroxylamine groups is 2. The highest BCUT2D eigenvalue weighted by molar-refractivity contribution is 8.01. The van der Waals surface area contributed by atoms with Crippen molar-refractivity contribution in [3.05, 3.63) is 54.1 Å². The summed E-state index contributed by atoms with van der Waals surface area (Å²) < 4.78 is 5.24. The summed E-state index contributed by atoms with van der Waals surface area (Å²) in [6.45, 7) is 0.326. The van der Waals surface area contributed by atoms with Gasteiger partial charge in [-0.1, -0.05) is 24.3 Å². The average Bonchev–Trinajstić information content (AvgIpc) is 2.65. The zero-order valence-electron chi connectivity index (χ0n) is 13.7. The van der Waals surface area contributed by atoms with E-state index in [9.17, 15) is 14.8 Å². The smallest absolute Gasteiger partial charge is 0.242 e. The molecule has 6 nitrogen and oxygen atoms in total. The Morgan fingerprint density at radius 3 is 2.84 bits per heavy atom. The van der Waals surface area contributed by atoms with Crippen LogP contribution in [0.3, 0.4) is 0 Å². The number of anilines is 1. The second-order valence-electron chi connectivity index (χ2n) is 5.58. The Bertz CT molecular complexity index is 783. The molecule has 1 heterocycles. The molecule has 0 aromatic heterocycles. The third-order valence-corrected chi connectivity index (χ3v) is 5.15. The van der Waals surface area contributed by atoms with Crippen LogP contribution in [-0.4, -0.2) is 41.5 Å². The summed E-state index contributed by atoms with van der Waals surface area (Å²) in [6, 6.07) is 15.2. The lowest BCUT2D eigenvalue weighted by molar-refractivity contribution is -0.150. The third-order valence-electron chi connectivity index (χ3n) is 3.92. The number of amides is 2.